The molecule has 0 atom stereocenters. The molecule has 0 aliphatic carbocycles. The lowest BCUT2D eigenvalue weighted by atomic mass is 10.1. The summed E-state index contributed by atoms with van der Waals surface area (Å²) in [7, 11) is 1.67. The van der Waals surface area contributed by atoms with Gasteiger partial charge in [-0.2, -0.15) is 0 Å². The molecule has 0 saturated carbocycles. The highest BCUT2D eigenvalue weighted by atomic mass is 16.5. The Kier molecular flexibility index (Phi) is 6.67. The number of benzene rings is 2. The molecule has 0 bridgehead atoms. The quantitative estimate of drug-likeness (QED) is 0.747. The number of ether oxygens (including phenoxy) is 1. The average Bonchev–Trinajstić information content (AvgIpc) is 2.58. The van der Waals surface area contributed by atoms with Gasteiger partial charge >= 0.3 is 0 Å². The third kappa shape index (κ3) is 5.78. The number of methoxy groups -OCH3 is 1. The van der Waals surface area contributed by atoms with Gasteiger partial charge in [-0.15, -0.1) is 0 Å². The standard InChI is InChI=1S/C20H25NO2/c1-16-7-3-5-9-18(16)15-21-20(22)10-6-4-8-17-11-13-19(23-2)14-12-17/h3,5,7,9,11-14H,4,6,8,10,15H2,1-2H3,(H,21,22). The van der Waals surface area contributed by atoms with Gasteiger partial charge in [0, 0.05) is 13.0 Å². The van der Waals surface area contributed by atoms with Gasteiger partial charge in [-0.3, -0.25) is 4.79 Å². The van der Waals surface area contributed by atoms with Gasteiger partial charge in [0.25, 0.3) is 0 Å². The van der Waals surface area contributed by atoms with E-state index >= 15 is 0 Å². The topological polar surface area (TPSA) is 38.3 Å². The Balaban J connectivity index is 1.63. The normalized spacial score (nSPS) is 10.3. The average molecular weight is 311 g/mol. The maximum atomic E-state index is 11.9. The minimum absolute atomic E-state index is 0.128. The summed E-state index contributed by atoms with van der Waals surface area (Å²) in [6.07, 6.45) is 3.51. The van der Waals surface area contributed by atoms with Gasteiger partial charge in [0.1, 0.15) is 5.75 Å². The minimum atomic E-state index is 0.128. The van der Waals surface area contributed by atoms with Crippen molar-refractivity contribution in [3.8, 4) is 5.75 Å². The SMILES string of the molecule is COc1ccc(CCCCC(=O)NCc2ccccc2C)cc1. The van der Waals surface area contributed by atoms with E-state index in [1.54, 1.807) is 7.11 Å². The minimum Gasteiger partial charge on any atom is -0.497 e. The summed E-state index contributed by atoms with van der Waals surface area (Å²) in [5.74, 6) is 1.01. The number of nitrogens with one attached hydrogen (secondary N) is 1. The zero-order chi connectivity index (χ0) is 16.5. The van der Waals surface area contributed by atoms with Crippen LogP contribution in [0.3, 0.4) is 0 Å². The second-order valence-electron chi connectivity index (χ2n) is 5.76. The zero-order valence-corrected chi connectivity index (χ0v) is 14.0. The molecule has 1 N–H and O–H groups in total. The van der Waals surface area contributed by atoms with E-state index in [0.29, 0.717) is 13.0 Å². The molecule has 2 aromatic rings. The van der Waals surface area contributed by atoms with Crippen LogP contribution >= 0.6 is 0 Å². The summed E-state index contributed by atoms with van der Waals surface area (Å²) >= 11 is 0. The summed E-state index contributed by atoms with van der Waals surface area (Å²) < 4.78 is 5.15. The number of rotatable bonds is 8. The molecule has 3 heteroatoms. The second-order valence-corrected chi connectivity index (χ2v) is 5.76. The number of carbonyl (C=O) groups excluding carboxylic acids is 1. The number of hydrogen-bond donors (Lipinski definition) is 1. The lowest BCUT2D eigenvalue weighted by Gasteiger charge is -2.08. The molecule has 122 valence electrons. The molecule has 0 aliphatic heterocycles. The van der Waals surface area contributed by atoms with Crippen LogP contribution in [0.25, 0.3) is 0 Å². The molecule has 23 heavy (non-hydrogen) atoms. The first-order valence-corrected chi connectivity index (χ1v) is 8.13. The fourth-order valence-electron chi connectivity index (χ4n) is 2.50. The van der Waals surface area contributed by atoms with Crippen molar-refractivity contribution in [1.82, 2.24) is 5.32 Å². The molecule has 0 spiro atoms. The van der Waals surface area contributed by atoms with Gasteiger partial charge in [-0.05, 0) is 55.0 Å². The van der Waals surface area contributed by atoms with Crippen LogP contribution < -0.4 is 10.1 Å². The summed E-state index contributed by atoms with van der Waals surface area (Å²) in [6.45, 7) is 2.68. The Morgan fingerprint density at radius 3 is 2.48 bits per heavy atom. The van der Waals surface area contributed by atoms with Crippen molar-refractivity contribution in [2.24, 2.45) is 0 Å². The Morgan fingerprint density at radius 1 is 1.04 bits per heavy atom. The molecule has 0 unspecified atom stereocenters. The molecular weight excluding hydrogens is 286 g/mol. The molecule has 2 rings (SSSR count). The maximum Gasteiger partial charge on any atom is 0.220 e. The first-order chi connectivity index (χ1) is 11.2. The molecule has 0 fully saturated rings. The predicted molar refractivity (Wildman–Crippen MR) is 93.6 cm³/mol. The Morgan fingerprint density at radius 2 is 1.78 bits per heavy atom. The molecule has 0 radical (unpaired) electrons. The van der Waals surface area contributed by atoms with Gasteiger partial charge in [-0.25, -0.2) is 0 Å². The van der Waals surface area contributed by atoms with E-state index in [4.69, 9.17) is 4.74 Å². The van der Waals surface area contributed by atoms with E-state index in [2.05, 4.69) is 36.5 Å². The number of hydrogen-bond acceptors (Lipinski definition) is 2. The largest absolute Gasteiger partial charge is 0.497 e. The van der Waals surface area contributed by atoms with Crippen molar-refractivity contribution < 1.29 is 9.53 Å². The maximum absolute atomic E-state index is 11.9. The van der Waals surface area contributed by atoms with Crippen molar-refractivity contribution >= 4 is 5.91 Å². The van der Waals surface area contributed by atoms with Gasteiger partial charge in [0.15, 0.2) is 0 Å². The molecule has 2 aromatic carbocycles. The Bertz CT molecular complexity index is 620. The van der Waals surface area contributed by atoms with Crippen LogP contribution in [0, 0.1) is 6.92 Å². The van der Waals surface area contributed by atoms with Crippen LogP contribution in [0.15, 0.2) is 48.5 Å². The second kappa shape index (κ2) is 8.99. The number of unbranched alkanes of at least 4 members (excludes halogenated alkanes) is 1. The summed E-state index contributed by atoms with van der Waals surface area (Å²) in [4.78, 5) is 11.9. The van der Waals surface area contributed by atoms with Gasteiger partial charge in [0.05, 0.1) is 7.11 Å². The van der Waals surface area contributed by atoms with Crippen molar-refractivity contribution in [2.45, 2.75) is 39.2 Å². The highest BCUT2D eigenvalue weighted by molar-refractivity contribution is 5.75. The van der Waals surface area contributed by atoms with Crippen LogP contribution in [0.5, 0.6) is 5.75 Å². The van der Waals surface area contributed by atoms with Crippen LogP contribution in [0.2, 0.25) is 0 Å². The van der Waals surface area contributed by atoms with Crippen LogP contribution in [0.1, 0.15) is 36.0 Å². The van der Waals surface area contributed by atoms with E-state index < -0.39 is 0 Å². The molecule has 1 amide bonds. The fourth-order valence-corrected chi connectivity index (χ4v) is 2.50. The first-order valence-electron chi connectivity index (χ1n) is 8.13. The number of carbonyl (C=O) groups is 1. The Labute approximate surface area is 138 Å². The predicted octanol–water partition coefficient (Wildman–Crippen LogP) is 4.03. The van der Waals surface area contributed by atoms with Gasteiger partial charge in [-0.1, -0.05) is 36.4 Å². The lowest BCUT2D eigenvalue weighted by molar-refractivity contribution is -0.121. The summed E-state index contributed by atoms with van der Waals surface area (Å²) in [5.41, 5.74) is 3.68. The van der Waals surface area contributed by atoms with E-state index in [9.17, 15) is 4.79 Å². The molecule has 0 heterocycles. The van der Waals surface area contributed by atoms with Crippen molar-refractivity contribution in [2.75, 3.05) is 7.11 Å². The lowest BCUT2D eigenvalue weighted by Crippen LogP contribution is -2.22. The van der Waals surface area contributed by atoms with Crippen LogP contribution in [-0.4, -0.2) is 13.0 Å². The third-order valence-corrected chi connectivity index (χ3v) is 4.02. The molecular formula is C20H25NO2. The Hall–Kier alpha value is -2.29. The monoisotopic (exact) mass is 311 g/mol. The molecule has 0 aliphatic rings. The van der Waals surface area contributed by atoms with Crippen molar-refractivity contribution in [3.63, 3.8) is 0 Å². The summed E-state index contributed by atoms with van der Waals surface area (Å²) in [6, 6.07) is 16.3. The van der Waals surface area contributed by atoms with E-state index in [1.165, 1.54) is 16.7 Å². The van der Waals surface area contributed by atoms with Crippen molar-refractivity contribution in [1.29, 1.82) is 0 Å². The van der Waals surface area contributed by atoms with E-state index in [1.807, 2.05) is 24.3 Å². The van der Waals surface area contributed by atoms with Crippen LogP contribution in [-0.2, 0) is 17.8 Å². The first kappa shape index (κ1) is 17.1. The van der Waals surface area contributed by atoms with Crippen molar-refractivity contribution in [3.05, 3.63) is 65.2 Å². The zero-order valence-electron chi connectivity index (χ0n) is 14.0. The smallest absolute Gasteiger partial charge is 0.220 e. The molecule has 0 aromatic heterocycles. The van der Waals surface area contributed by atoms with Crippen LogP contribution in [0.4, 0.5) is 0 Å². The highest BCUT2D eigenvalue weighted by Crippen LogP contribution is 2.13. The van der Waals surface area contributed by atoms with Gasteiger partial charge in [0.2, 0.25) is 5.91 Å². The third-order valence-electron chi connectivity index (χ3n) is 4.02. The van der Waals surface area contributed by atoms with Gasteiger partial charge < -0.3 is 10.1 Å². The molecule has 3 nitrogen and oxygen atoms in total. The number of aryl methyl sites for hydroxylation is 2. The number of amides is 1. The van der Waals surface area contributed by atoms with E-state index in [-0.39, 0.29) is 5.91 Å². The highest BCUT2D eigenvalue weighted by Gasteiger charge is 2.03. The summed E-state index contributed by atoms with van der Waals surface area (Å²) in [5, 5.41) is 3.00. The fraction of sp³-hybridized carbons (Fsp3) is 0.350. The van der Waals surface area contributed by atoms with E-state index in [0.717, 1.165) is 25.0 Å². The molecule has 0 saturated heterocycles.